The Bertz CT molecular complexity index is 603. The summed E-state index contributed by atoms with van der Waals surface area (Å²) in [5, 5.41) is 18.2. The second-order valence-corrected chi connectivity index (χ2v) is 4.38. The maximum absolute atomic E-state index is 10.8. The van der Waals surface area contributed by atoms with Crippen LogP contribution in [0.1, 0.15) is 24.6 Å². The lowest BCUT2D eigenvalue weighted by atomic mass is 10.0. The summed E-state index contributed by atoms with van der Waals surface area (Å²) in [6.45, 7) is 0.800. The number of aromatic nitrogens is 2. The number of carboxylic acids is 1. The lowest BCUT2D eigenvalue weighted by Crippen LogP contribution is -2.04. The zero-order chi connectivity index (χ0) is 12.0. The molecule has 0 fully saturated rings. The Morgan fingerprint density at radius 3 is 3.12 bits per heavy atom. The van der Waals surface area contributed by atoms with Crippen molar-refractivity contribution < 1.29 is 15.0 Å². The van der Waals surface area contributed by atoms with Crippen molar-refractivity contribution in [2.24, 2.45) is 0 Å². The summed E-state index contributed by atoms with van der Waals surface area (Å²) in [7, 11) is 0. The molecule has 5 nitrogen and oxygen atoms in total. The van der Waals surface area contributed by atoms with E-state index in [4.69, 9.17) is 5.11 Å². The molecule has 1 aliphatic heterocycles. The molecule has 0 amide bonds. The van der Waals surface area contributed by atoms with E-state index in [0.717, 1.165) is 29.8 Å². The Hall–Kier alpha value is -2.04. The fourth-order valence-electron chi connectivity index (χ4n) is 2.50. The van der Waals surface area contributed by atoms with Crippen LogP contribution in [0.5, 0.6) is 5.75 Å². The monoisotopic (exact) mass is 232 g/mol. The highest BCUT2D eigenvalue weighted by Gasteiger charge is 2.28. The molecule has 2 heterocycles. The molecule has 1 aromatic carbocycles. The highest BCUT2D eigenvalue weighted by molar-refractivity contribution is 5.78. The number of hydrogen-bond donors (Lipinski definition) is 2. The van der Waals surface area contributed by atoms with Crippen molar-refractivity contribution in [1.82, 2.24) is 9.55 Å². The lowest BCUT2D eigenvalue weighted by molar-refractivity contribution is -0.137. The van der Waals surface area contributed by atoms with Gasteiger partial charge >= 0.3 is 5.97 Å². The normalized spacial score (nSPS) is 18.5. The minimum atomic E-state index is -0.793. The first-order valence-corrected chi connectivity index (χ1v) is 5.56. The molecule has 88 valence electrons. The van der Waals surface area contributed by atoms with Crippen molar-refractivity contribution >= 4 is 17.0 Å². The van der Waals surface area contributed by atoms with Crippen molar-refractivity contribution in [3.8, 4) is 5.75 Å². The first kappa shape index (κ1) is 10.1. The molecule has 17 heavy (non-hydrogen) atoms. The molecule has 2 N–H and O–H groups in total. The first-order valence-electron chi connectivity index (χ1n) is 5.56. The SMILES string of the molecule is O=C(O)CC1CCn2c1nc1cc(O)ccc12. The predicted octanol–water partition coefficient (Wildman–Crippen LogP) is 1.70. The Balaban J connectivity index is 2.09. The summed E-state index contributed by atoms with van der Waals surface area (Å²) in [5.74, 6) is 0.206. The number of benzene rings is 1. The van der Waals surface area contributed by atoms with Crippen LogP contribution in [0.25, 0.3) is 11.0 Å². The van der Waals surface area contributed by atoms with Gasteiger partial charge in [0.05, 0.1) is 17.5 Å². The number of aliphatic carboxylic acids is 1. The molecular weight excluding hydrogens is 220 g/mol. The molecule has 2 aromatic rings. The van der Waals surface area contributed by atoms with Crippen LogP contribution in [0.2, 0.25) is 0 Å². The number of imidazole rings is 1. The smallest absolute Gasteiger partial charge is 0.304 e. The van der Waals surface area contributed by atoms with Gasteiger partial charge in [-0.05, 0) is 18.6 Å². The van der Waals surface area contributed by atoms with Crippen molar-refractivity contribution in [1.29, 1.82) is 0 Å². The first-order chi connectivity index (χ1) is 8.15. The van der Waals surface area contributed by atoms with Crippen LogP contribution in [0.15, 0.2) is 18.2 Å². The lowest BCUT2D eigenvalue weighted by Gasteiger charge is -2.02. The molecule has 1 aliphatic rings. The molecule has 0 aliphatic carbocycles. The van der Waals surface area contributed by atoms with Gasteiger partial charge < -0.3 is 14.8 Å². The molecule has 3 rings (SSSR count). The van der Waals surface area contributed by atoms with Crippen LogP contribution >= 0.6 is 0 Å². The zero-order valence-electron chi connectivity index (χ0n) is 9.13. The average Bonchev–Trinajstić information content (AvgIpc) is 2.77. The quantitative estimate of drug-likeness (QED) is 0.826. The largest absolute Gasteiger partial charge is 0.508 e. The van der Waals surface area contributed by atoms with Gasteiger partial charge in [-0.2, -0.15) is 0 Å². The van der Waals surface area contributed by atoms with Gasteiger partial charge in [0.15, 0.2) is 0 Å². The second-order valence-electron chi connectivity index (χ2n) is 4.38. The summed E-state index contributed by atoms with van der Waals surface area (Å²) >= 11 is 0. The summed E-state index contributed by atoms with van der Waals surface area (Å²) in [5.41, 5.74) is 1.70. The van der Waals surface area contributed by atoms with Gasteiger partial charge in [-0.1, -0.05) is 0 Å². The summed E-state index contributed by atoms with van der Waals surface area (Å²) < 4.78 is 2.04. The molecular formula is C12H12N2O3. The molecule has 1 atom stereocenters. The number of phenols is 1. The van der Waals surface area contributed by atoms with Crippen molar-refractivity contribution in [2.45, 2.75) is 25.3 Å². The molecule has 1 unspecified atom stereocenters. The van der Waals surface area contributed by atoms with E-state index in [1.165, 1.54) is 0 Å². The van der Waals surface area contributed by atoms with Crippen molar-refractivity contribution in [2.75, 3.05) is 0 Å². The number of rotatable bonds is 2. The average molecular weight is 232 g/mol. The van der Waals surface area contributed by atoms with Gasteiger partial charge in [0.2, 0.25) is 0 Å². The van der Waals surface area contributed by atoms with Gasteiger partial charge in [0, 0.05) is 18.5 Å². The number of aromatic hydroxyl groups is 1. The Labute approximate surface area is 97.3 Å². The number of aryl methyl sites for hydroxylation is 1. The van der Waals surface area contributed by atoms with Crippen molar-refractivity contribution in [3.05, 3.63) is 24.0 Å². The number of phenolic OH excluding ortho intramolecular Hbond substituents is 1. The van der Waals surface area contributed by atoms with Gasteiger partial charge in [0.1, 0.15) is 11.6 Å². The number of fused-ring (bicyclic) bond motifs is 3. The number of carbonyl (C=O) groups is 1. The maximum atomic E-state index is 10.8. The third kappa shape index (κ3) is 1.54. The van der Waals surface area contributed by atoms with E-state index in [1.807, 2.05) is 10.6 Å². The molecule has 0 bridgehead atoms. The minimum absolute atomic E-state index is 0.0120. The molecule has 0 spiro atoms. The molecule has 0 saturated carbocycles. The fourth-order valence-corrected chi connectivity index (χ4v) is 2.50. The van der Waals surface area contributed by atoms with Gasteiger partial charge in [-0.25, -0.2) is 4.98 Å². The maximum Gasteiger partial charge on any atom is 0.304 e. The van der Waals surface area contributed by atoms with E-state index in [2.05, 4.69) is 4.98 Å². The van der Waals surface area contributed by atoms with Gasteiger partial charge in [-0.3, -0.25) is 4.79 Å². The number of carboxylic acid groups (broad SMARTS) is 1. The highest BCUT2D eigenvalue weighted by Crippen LogP contribution is 2.34. The number of nitrogens with zero attached hydrogens (tertiary/aromatic N) is 2. The summed E-state index contributed by atoms with van der Waals surface area (Å²) in [6, 6.07) is 5.06. The Morgan fingerprint density at radius 2 is 2.35 bits per heavy atom. The minimum Gasteiger partial charge on any atom is -0.508 e. The Kier molecular flexibility index (Phi) is 2.07. The highest BCUT2D eigenvalue weighted by atomic mass is 16.4. The van der Waals surface area contributed by atoms with E-state index < -0.39 is 5.97 Å². The van der Waals surface area contributed by atoms with E-state index in [9.17, 15) is 9.90 Å². The summed E-state index contributed by atoms with van der Waals surface area (Å²) in [6.07, 6.45) is 0.945. The molecule has 0 saturated heterocycles. The van der Waals surface area contributed by atoms with E-state index >= 15 is 0 Å². The molecule has 5 heteroatoms. The molecule has 1 aromatic heterocycles. The van der Waals surface area contributed by atoms with Crippen LogP contribution < -0.4 is 0 Å². The third-order valence-corrected chi connectivity index (χ3v) is 3.25. The van der Waals surface area contributed by atoms with Gasteiger partial charge in [0.25, 0.3) is 0 Å². The fraction of sp³-hybridized carbons (Fsp3) is 0.333. The second kappa shape index (κ2) is 3.48. The topological polar surface area (TPSA) is 75.3 Å². The molecule has 0 radical (unpaired) electrons. The van der Waals surface area contributed by atoms with Crippen molar-refractivity contribution in [3.63, 3.8) is 0 Å². The standard InChI is InChI=1S/C12H12N2O3/c15-8-1-2-10-9(6-8)13-12-7(5-11(16)17)3-4-14(10)12/h1-2,6-7,15H,3-5H2,(H,16,17). The van der Waals surface area contributed by atoms with Crippen LogP contribution in [0.4, 0.5) is 0 Å². The van der Waals surface area contributed by atoms with E-state index in [1.54, 1.807) is 12.1 Å². The van der Waals surface area contributed by atoms with E-state index in [0.29, 0.717) is 0 Å². The van der Waals surface area contributed by atoms with Crippen LogP contribution in [0, 0.1) is 0 Å². The van der Waals surface area contributed by atoms with Crippen LogP contribution in [0.3, 0.4) is 0 Å². The Morgan fingerprint density at radius 1 is 1.53 bits per heavy atom. The predicted molar refractivity (Wildman–Crippen MR) is 61.0 cm³/mol. The number of hydrogen-bond acceptors (Lipinski definition) is 3. The van der Waals surface area contributed by atoms with Crippen LogP contribution in [-0.4, -0.2) is 25.7 Å². The summed E-state index contributed by atoms with van der Waals surface area (Å²) in [4.78, 5) is 15.2. The van der Waals surface area contributed by atoms with Crippen LogP contribution in [-0.2, 0) is 11.3 Å². The van der Waals surface area contributed by atoms with Gasteiger partial charge in [-0.15, -0.1) is 0 Å². The third-order valence-electron chi connectivity index (χ3n) is 3.25. The zero-order valence-corrected chi connectivity index (χ0v) is 9.13. The van der Waals surface area contributed by atoms with E-state index in [-0.39, 0.29) is 18.1 Å².